The predicted octanol–water partition coefficient (Wildman–Crippen LogP) is 2.84. The minimum atomic E-state index is -0.638. The molecule has 6 heteroatoms. The van der Waals surface area contributed by atoms with E-state index in [0.29, 0.717) is 5.56 Å². The van der Waals surface area contributed by atoms with E-state index < -0.39 is 17.5 Å². The number of amidine groups is 1. The van der Waals surface area contributed by atoms with Gasteiger partial charge in [0.05, 0.1) is 12.7 Å². The van der Waals surface area contributed by atoms with E-state index in [4.69, 9.17) is 20.6 Å². The number of nitrogens with two attached hydrogens (primary N) is 1. The van der Waals surface area contributed by atoms with Gasteiger partial charge in [-0.2, -0.15) is 0 Å². The maximum Gasteiger partial charge on any atom is 0.165 e. The highest BCUT2D eigenvalue weighted by Crippen LogP contribution is 2.23. The fraction of sp³-hybridized carbons (Fsp3) is 0.133. The number of halogens is 2. The zero-order valence-corrected chi connectivity index (χ0v) is 11.3. The quantitative estimate of drug-likeness (QED) is 0.657. The largest absolute Gasteiger partial charge is 0.494 e. The van der Waals surface area contributed by atoms with Crippen molar-refractivity contribution < 1.29 is 18.3 Å². The molecular formula is C15H14F2N2O2. The lowest BCUT2D eigenvalue weighted by Gasteiger charge is -2.12. The third-order valence-corrected chi connectivity index (χ3v) is 2.86. The van der Waals surface area contributed by atoms with Gasteiger partial charge in [-0.3, -0.25) is 5.41 Å². The third kappa shape index (κ3) is 3.28. The van der Waals surface area contributed by atoms with Gasteiger partial charge < -0.3 is 15.2 Å². The lowest BCUT2D eigenvalue weighted by molar-refractivity contribution is 0.302. The number of ether oxygens (including phenoxy) is 2. The first-order valence-corrected chi connectivity index (χ1v) is 6.11. The highest BCUT2D eigenvalue weighted by molar-refractivity contribution is 5.97. The molecule has 4 nitrogen and oxygen atoms in total. The molecule has 2 aromatic carbocycles. The molecule has 0 fully saturated rings. The van der Waals surface area contributed by atoms with Crippen molar-refractivity contribution in [2.24, 2.45) is 5.73 Å². The summed E-state index contributed by atoms with van der Waals surface area (Å²) in [6, 6.07) is 8.52. The maximum atomic E-state index is 13.6. The summed E-state index contributed by atoms with van der Waals surface area (Å²) in [6.07, 6.45) is 0. The highest BCUT2D eigenvalue weighted by Gasteiger charge is 2.13. The van der Waals surface area contributed by atoms with Crippen molar-refractivity contribution in [1.82, 2.24) is 0 Å². The van der Waals surface area contributed by atoms with Gasteiger partial charge in [0.2, 0.25) is 0 Å². The van der Waals surface area contributed by atoms with Crippen LogP contribution < -0.4 is 15.2 Å². The molecule has 110 valence electrons. The number of rotatable bonds is 5. The van der Waals surface area contributed by atoms with Gasteiger partial charge in [-0.1, -0.05) is 12.1 Å². The van der Waals surface area contributed by atoms with Gasteiger partial charge in [-0.05, 0) is 29.8 Å². The second-order valence-corrected chi connectivity index (χ2v) is 4.28. The Balaban J connectivity index is 2.19. The second kappa shape index (κ2) is 6.21. The van der Waals surface area contributed by atoms with E-state index in [-0.39, 0.29) is 23.7 Å². The second-order valence-electron chi connectivity index (χ2n) is 4.28. The van der Waals surface area contributed by atoms with Crippen LogP contribution in [-0.2, 0) is 6.61 Å². The molecule has 0 saturated heterocycles. The molecule has 0 aliphatic heterocycles. The molecular weight excluding hydrogens is 278 g/mol. The Kier molecular flexibility index (Phi) is 4.37. The maximum absolute atomic E-state index is 13.6. The van der Waals surface area contributed by atoms with Crippen LogP contribution in [0.2, 0.25) is 0 Å². The van der Waals surface area contributed by atoms with Gasteiger partial charge in [0, 0.05) is 0 Å². The number of hydrogen-bond acceptors (Lipinski definition) is 3. The molecule has 0 heterocycles. The van der Waals surface area contributed by atoms with Crippen molar-refractivity contribution in [3.63, 3.8) is 0 Å². The molecule has 21 heavy (non-hydrogen) atoms. The molecule has 3 N–H and O–H groups in total. The molecule has 0 aromatic heterocycles. The van der Waals surface area contributed by atoms with Gasteiger partial charge in [-0.15, -0.1) is 0 Å². The monoisotopic (exact) mass is 292 g/mol. The van der Waals surface area contributed by atoms with Crippen LogP contribution in [0.25, 0.3) is 0 Å². The number of methoxy groups -OCH3 is 1. The van der Waals surface area contributed by atoms with Crippen LogP contribution in [0.3, 0.4) is 0 Å². The van der Waals surface area contributed by atoms with E-state index in [9.17, 15) is 8.78 Å². The number of nitrogens with one attached hydrogen (secondary N) is 1. The predicted molar refractivity (Wildman–Crippen MR) is 74.7 cm³/mol. The van der Waals surface area contributed by atoms with Crippen LogP contribution in [0.5, 0.6) is 11.5 Å². The number of nitrogen functional groups attached to an aromatic ring is 1. The van der Waals surface area contributed by atoms with Crippen LogP contribution >= 0.6 is 0 Å². The van der Waals surface area contributed by atoms with E-state index in [1.807, 2.05) is 0 Å². The van der Waals surface area contributed by atoms with Crippen LogP contribution in [0.1, 0.15) is 11.1 Å². The summed E-state index contributed by atoms with van der Waals surface area (Å²) in [5, 5.41) is 7.37. The van der Waals surface area contributed by atoms with E-state index >= 15 is 0 Å². The van der Waals surface area contributed by atoms with Crippen molar-refractivity contribution in [3.05, 3.63) is 59.2 Å². The van der Waals surface area contributed by atoms with Crippen LogP contribution in [-0.4, -0.2) is 12.9 Å². The number of hydrogen-bond donors (Lipinski definition) is 2. The smallest absolute Gasteiger partial charge is 0.165 e. The first-order chi connectivity index (χ1) is 10.0. The first kappa shape index (κ1) is 14.8. The molecule has 0 radical (unpaired) electrons. The van der Waals surface area contributed by atoms with Gasteiger partial charge >= 0.3 is 0 Å². The van der Waals surface area contributed by atoms with Crippen molar-refractivity contribution in [1.29, 1.82) is 5.41 Å². The summed E-state index contributed by atoms with van der Waals surface area (Å²) in [4.78, 5) is 0. The Hall–Kier alpha value is -2.63. The Morgan fingerprint density at radius 2 is 1.90 bits per heavy atom. The Labute approximate surface area is 120 Å². The van der Waals surface area contributed by atoms with Gasteiger partial charge in [0.1, 0.15) is 24.0 Å². The van der Waals surface area contributed by atoms with Crippen molar-refractivity contribution in [2.75, 3.05) is 7.11 Å². The molecule has 0 bridgehead atoms. The third-order valence-electron chi connectivity index (χ3n) is 2.86. The topological polar surface area (TPSA) is 68.3 Å². The molecule has 0 amide bonds. The van der Waals surface area contributed by atoms with Crippen LogP contribution in [0.15, 0.2) is 36.4 Å². The van der Waals surface area contributed by atoms with Gasteiger partial charge in [-0.25, -0.2) is 8.78 Å². The Bertz CT molecular complexity index is 675. The van der Waals surface area contributed by atoms with Crippen molar-refractivity contribution >= 4 is 5.84 Å². The zero-order valence-electron chi connectivity index (χ0n) is 11.3. The van der Waals surface area contributed by atoms with E-state index in [1.54, 1.807) is 6.07 Å². The van der Waals surface area contributed by atoms with E-state index in [0.717, 1.165) is 0 Å². The average molecular weight is 292 g/mol. The normalized spacial score (nSPS) is 10.2. The molecule has 2 rings (SSSR count). The number of benzene rings is 2. The highest BCUT2D eigenvalue weighted by atomic mass is 19.1. The summed E-state index contributed by atoms with van der Waals surface area (Å²) in [5.41, 5.74) is 5.78. The Morgan fingerprint density at radius 1 is 1.14 bits per heavy atom. The first-order valence-electron chi connectivity index (χ1n) is 6.11. The molecule has 0 unspecified atom stereocenters. The molecule has 2 aromatic rings. The Morgan fingerprint density at radius 3 is 2.52 bits per heavy atom. The molecule has 0 aliphatic carbocycles. The fourth-order valence-electron chi connectivity index (χ4n) is 1.85. The molecule has 0 atom stereocenters. The van der Waals surface area contributed by atoms with E-state index in [2.05, 4.69) is 0 Å². The van der Waals surface area contributed by atoms with Crippen LogP contribution in [0, 0.1) is 17.0 Å². The minimum Gasteiger partial charge on any atom is -0.494 e. The summed E-state index contributed by atoms with van der Waals surface area (Å²) in [7, 11) is 1.38. The summed E-state index contributed by atoms with van der Waals surface area (Å²) in [6.45, 7) is 0.0185. The minimum absolute atomic E-state index is 0.0185. The lowest BCUT2D eigenvalue weighted by atomic mass is 10.1. The molecule has 0 aliphatic rings. The van der Waals surface area contributed by atoms with E-state index in [1.165, 1.54) is 37.4 Å². The summed E-state index contributed by atoms with van der Waals surface area (Å²) >= 11 is 0. The molecule has 0 spiro atoms. The SMILES string of the molecule is COc1ccc(COc2cccc(F)c2C(=N)N)cc1F. The van der Waals surface area contributed by atoms with Crippen molar-refractivity contribution in [2.45, 2.75) is 6.61 Å². The van der Waals surface area contributed by atoms with Gasteiger partial charge in [0.25, 0.3) is 0 Å². The standard InChI is InChI=1S/C15H14F2N2O2/c1-20-12-6-5-9(7-11(12)17)8-21-13-4-2-3-10(16)14(13)15(18)19/h2-7H,8H2,1H3,(H3,18,19). The summed E-state index contributed by atoms with van der Waals surface area (Å²) < 4.78 is 37.4. The lowest BCUT2D eigenvalue weighted by Crippen LogP contribution is -2.15. The van der Waals surface area contributed by atoms with Gasteiger partial charge in [0.15, 0.2) is 11.6 Å². The van der Waals surface area contributed by atoms with Crippen LogP contribution in [0.4, 0.5) is 8.78 Å². The summed E-state index contributed by atoms with van der Waals surface area (Å²) in [5.74, 6) is -1.30. The van der Waals surface area contributed by atoms with Crippen molar-refractivity contribution in [3.8, 4) is 11.5 Å². The average Bonchev–Trinajstić information content (AvgIpc) is 2.44. The fourth-order valence-corrected chi connectivity index (χ4v) is 1.85. The molecule has 0 saturated carbocycles. The zero-order chi connectivity index (χ0) is 15.4.